The molecule has 1 rings (SSSR count). The number of halogens is 1. The number of carbonyl (C=O) groups is 2. The Bertz CT molecular complexity index is 435. The van der Waals surface area contributed by atoms with Crippen LogP contribution in [-0.2, 0) is 4.79 Å². The molecule has 6 heteroatoms. The van der Waals surface area contributed by atoms with Crippen molar-refractivity contribution in [3.8, 4) is 0 Å². The monoisotopic (exact) mass is 240 g/mol. The summed E-state index contributed by atoms with van der Waals surface area (Å²) in [5, 5.41) is 11.1. The van der Waals surface area contributed by atoms with Gasteiger partial charge in [-0.25, -0.2) is 9.18 Å². The molecule has 1 aromatic rings. The van der Waals surface area contributed by atoms with E-state index in [1.54, 1.807) is 0 Å². The predicted molar refractivity (Wildman–Crippen MR) is 60.3 cm³/mol. The predicted octanol–water partition coefficient (Wildman–Crippen LogP) is 1.20. The van der Waals surface area contributed by atoms with E-state index in [0.29, 0.717) is 13.0 Å². The molecule has 0 bridgehead atoms. The van der Waals surface area contributed by atoms with Crippen molar-refractivity contribution in [1.29, 1.82) is 0 Å². The van der Waals surface area contributed by atoms with E-state index in [1.165, 1.54) is 12.1 Å². The number of para-hydroxylation sites is 1. The smallest absolute Gasteiger partial charge is 0.337 e. The lowest BCUT2D eigenvalue weighted by Gasteiger charge is -2.09. The van der Waals surface area contributed by atoms with Crippen LogP contribution in [0.1, 0.15) is 23.2 Å². The Labute approximate surface area is 97.4 Å². The second-order valence-electron chi connectivity index (χ2n) is 3.41. The highest BCUT2D eigenvalue weighted by molar-refractivity contribution is 6.00. The van der Waals surface area contributed by atoms with Crippen molar-refractivity contribution in [2.24, 2.45) is 5.73 Å². The van der Waals surface area contributed by atoms with Gasteiger partial charge < -0.3 is 16.2 Å². The van der Waals surface area contributed by atoms with Gasteiger partial charge in [0.1, 0.15) is 5.82 Å². The molecule has 0 aromatic heterocycles. The highest BCUT2D eigenvalue weighted by atomic mass is 19.1. The van der Waals surface area contributed by atoms with Crippen LogP contribution < -0.4 is 11.1 Å². The third-order valence-electron chi connectivity index (χ3n) is 2.12. The first-order chi connectivity index (χ1) is 8.06. The second kappa shape index (κ2) is 5.95. The molecule has 0 unspecified atom stereocenters. The van der Waals surface area contributed by atoms with Crippen molar-refractivity contribution in [2.75, 3.05) is 11.9 Å². The molecule has 0 aliphatic rings. The number of aromatic carboxylic acids is 1. The van der Waals surface area contributed by atoms with E-state index in [1.807, 2.05) is 0 Å². The molecule has 0 fully saturated rings. The van der Waals surface area contributed by atoms with Gasteiger partial charge in [-0.3, -0.25) is 4.79 Å². The van der Waals surface area contributed by atoms with Gasteiger partial charge in [0.15, 0.2) is 0 Å². The first-order valence-corrected chi connectivity index (χ1v) is 5.08. The summed E-state index contributed by atoms with van der Waals surface area (Å²) >= 11 is 0. The lowest BCUT2D eigenvalue weighted by atomic mass is 10.1. The summed E-state index contributed by atoms with van der Waals surface area (Å²) < 4.78 is 13.4. The lowest BCUT2D eigenvalue weighted by Crippen LogP contribution is -2.17. The third kappa shape index (κ3) is 3.53. The summed E-state index contributed by atoms with van der Waals surface area (Å²) in [5.41, 5.74) is 4.65. The Kier molecular flexibility index (Phi) is 4.59. The van der Waals surface area contributed by atoms with E-state index in [4.69, 9.17) is 10.8 Å². The summed E-state index contributed by atoms with van der Waals surface area (Å²) in [6.07, 6.45) is 0.590. The summed E-state index contributed by atoms with van der Waals surface area (Å²) in [6.45, 7) is 0.344. The molecule has 92 valence electrons. The Morgan fingerprint density at radius 3 is 2.71 bits per heavy atom. The van der Waals surface area contributed by atoms with Crippen LogP contribution in [0.25, 0.3) is 0 Å². The molecule has 0 saturated heterocycles. The number of nitrogens with one attached hydrogen (secondary N) is 1. The van der Waals surface area contributed by atoms with Gasteiger partial charge in [-0.1, -0.05) is 6.07 Å². The number of rotatable bonds is 5. The number of carboxylic acids is 1. The molecule has 0 heterocycles. The van der Waals surface area contributed by atoms with Gasteiger partial charge in [-0.05, 0) is 25.1 Å². The van der Waals surface area contributed by atoms with Gasteiger partial charge in [0.25, 0.3) is 0 Å². The largest absolute Gasteiger partial charge is 0.478 e. The topological polar surface area (TPSA) is 92.4 Å². The van der Waals surface area contributed by atoms with Crippen molar-refractivity contribution < 1.29 is 19.1 Å². The molecule has 17 heavy (non-hydrogen) atoms. The van der Waals surface area contributed by atoms with Gasteiger partial charge in [-0.2, -0.15) is 0 Å². The summed E-state index contributed by atoms with van der Waals surface area (Å²) in [4.78, 5) is 22.2. The molecule has 0 aliphatic heterocycles. The number of amides is 1. The molecule has 0 aliphatic carbocycles. The number of hydrogen-bond acceptors (Lipinski definition) is 3. The molecule has 1 aromatic carbocycles. The minimum atomic E-state index is -1.29. The molecule has 4 N–H and O–H groups in total. The standard InChI is InChI=1S/C11H13FN2O3/c12-8-4-1-3-7(11(16)17)10(8)14-9(15)5-2-6-13/h1,3-4H,2,5-6,13H2,(H,14,15)(H,16,17). The molecule has 0 radical (unpaired) electrons. The van der Waals surface area contributed by atoms with E-state index in [-0.39, 0.29) is 17.7 Å². The molecular formula is C11H13FN2O3. The number of benzene rings is 1. The molecule has 0 atom stereocenters. The third-order valence-corrected chi connectivity index (χ3v) is 2.12. The average Bonchev–Trinajstić information content (AvgIpc) is 2.28. The zero-order valence-corrected chi connectivity index (χ0v) is 9.07. The molecule has 0 spiro atoms. The first kappa shape index (κ1) is 13.1. The SMILES string of the molecule is NCCCC(=O)Nc1c(F)cccc1C(=O)O. The van der Waals surface area contributed by atoms with E-state index < -0.39 is 17.7 Å². The van der Waals surface area contributed by atoms with Gasteiger partial charge >= 0.3 is 5.97 Å². The van der Waals surface area contributed by atoms with Crippen LogP contribution in [0.2, 0.25) is 0 Å². The van der Waals surface area contributed by atoms with Crippen molar-refractivity contribution in [2.45, 2.75) is 12.8 Å². The quantitative estimate of drug-likeness (QED) is 0.721. The van der Waals surface area contributed by atoms with E-state index >= 15 is 0 Å². The Morgan fingerprint density at radius 2 is 2.12 bits per heavy atom. The highest BCUT2D eigenvalue weighted by Gasteiger charge is 2.15. The molecule has 1 amide bonds. The molecular weight excluding hydrogens is 227 g/mol. The fourth-order valence-corrected chi connectivity index (χ4v) is 1.29. The highest BCUT2D eigenvalue weighted by Crippen LogP contribution is 2.20. The van der Waals surface area contributed by atoms with Gasteiger partial charge in [-0.15, -0.1) is 0 Å². The van der Waals surface area contributed by atoms with Crippen molar-refractivity contribution in [1.82, 2.24) is 0 Å². The van der Waals surface area contributed by atoms with Gasteiger partial charge in [0, 0.05) is 6.42 Å². The number of nitrogens with two attached hydrogens (primary N) is 1. The van der Waals surface area contributed by atoms with Crippen LogP contribution >= 0.6 is 0 Å². The van der Waals surface area contributed by atoms with Crippen LogP contribution in [0.15, 0.2) is 18.2 Å². The normalized spacial score (nSPS) is 10.0. The zero-order chi connectivity index (χ0) is 12.8. The number of carbonyl (C=O) groups excluding carboxylic acids is 1. The average molecular weight is 240 g/mol. The van der Waals surface area contributed by atoms with Crippen molar-refractivity contribution in [3.05, 3.63) is 29.6 Å². The van der Waals surface area contributed by atoms with Gasteiger partial charge in [0.2, 0.25) is 5.91 Å². The lowest BCUT2D eigenvalue weighted by molar-refractivity contribution is -0.116. The Morgan fingerprint density at radius 1 is 1.41 bits per heavy atom. The Balaban J connectivity index is 2.89. The fourth-order valence-electron chi connectivity index (χ4n) is 1.29. The second-order valence-corrected chi connectivity index (χ2v) is 3.41. The number of hydrogen-bond donors (Lipinski definition) is 3. The summed E-state index contributed by atoms with van der Waals surface area (Å²) in [5.74, 6) is -2.52. The van der Waals surface area contributed by atoms with Crippen LogP contribution in [0.5, 0.6) is 0 Å². The number of anilines is 1. The van der Waals surface area contributed by atoms with Gasteiger partial charge in [0.05, 0.1) is 11.3 Å². The number of carboxylic acid groups (broad SMARTS) is 1. The van der Waals surface area contributed by atoms with Crippen LogP contribution in [0, 0.1) is 5.82 Å². The van der Waals surface area contributed by atoms with Crippen LogP contribution in [0.3, 0.4) is 0 Å². The minimum absolute atomic E-state index is 0.129. The maximum atomic E-state index is 13.4. The maximum Gasteiger partial charge on any atom is 0.337 e. The van der Waals surface area contributed by atoms with E-state index in [0.717, 1.165) is 6.07 Å². The van der Waals surface area contributed by atoms with E-state index in [2.05, 4.69) is 5.32 Å². The summed E-state index contributed by atoms with van der Waals surface area (Å²) in [7, 11) is 0. The molecule has 0 saturated carbocycles. The van der Waals surface area contributed by atoms with Crippen molar-refractivity contribution in [3.63, 3.8) is 0 Å². The van der Waals surface area contributed by atoms with Crippen LogP contribution in [-0.4, -0.2) is 23.5 Å². The Hall–Kier alpha value is -1.95. The fraction of sp³-hybridized carbons (Fsp3) is 0.273. The minimum Gasteiger partial charge on any atom is -0.478 e. The zero-order valence-electron chi connectivity index (χ0n) is 9.07. The summed E-state index contributed by atoms with van der Waals surface area (Å²) in [6, 6.07) is 3.59. The first-order valence-electron chi connectivity index (χ1n) is 5.08. The van der Waals surface area contributed by atoms with E-state index in [9.17, 15) is 14.0 Å². The molecule has 5 nitrogen and oxygen atoms in total. The maximum absolute atomic E-state index is 13.4. The van der Waals surface area contributed by atoms with Crippen LogP contribution in [0.4, 0.5) is 10.1 Å². The van der Waals surface area contributed by atoms with Crippen molar-refractivity contribution >= 4 is 17.6 Å².